The van der Waals surface area contributed by atoms with E-state index in [1.807, 2.05) is 36.4 Å². The fourth-order valence-corrected chi connectivity index (χ4v) is 4.94. The Bertz CT molecular complexity index is 1640. The van der Waals surface area contributed by atoms with Gasteiger partial charge in [-0.15, -0.1) is 0 Å². The van der Waals surface area contributed by atoms with Gasteiger partial charge < -0.3 is 5.32 Å². The van der Waals surface area contributed by atoms with Crippen LogP contribution >= 0.6 is 0 Å². The maximum absolute atomic E-state index is 12.7. The van der Waals surface area contributed by atoms with Crippen molar-refractivity contribution >= 4 is 38.3 Å². The van der Waals surface area contributed by atoms with Crippen molar-refractivity contribution in [2.45, 2.75) is 11.4 Å². The molecule has 0 saturated carbocycles. The SMILES string of the molecule is NS(=O)(=O)c1ccccc1CN/C=C1\C(=O)NC(=O)c2ccc(-c3cccc4cccnc34)cc21. The number of carbonyl (C=O) groups is 2. The van der Waals surface area contributed by atoms with Crippen LogP contribution in [0.25, 0.3) is 27.6 Å². The number of para-hydroxylation sites is 1. The van der Waals surface area contributed by atoms with Gasteiger partial charge in [0.1, 0.15) is 0 Å². The normalized spacial score (nSPS) is 14.6. The smallest absolute Gasteiger partial charge is 0.260 e. The summed E-state index contributed by atoms with van der Waals surface area (Å²) in [4.78, 5) is 29.7. The second kappa shape index (κ2) is 8.79. The minimum absolute atomic E-state index is 0.000292. The fourth-order valence-electron chi connectivity index (χ4n) is 4.16. The number of nitrogens with zero attached hydrogens (tertiary/aromatic N) is 1. The number of aromatic nitrogens is 1. The number of sulfonamides is 1. The van der Waals surface area contributed by atoms with Crippen LogP contribution in [0.2, 0.25) is 0 Å². The Labute approximate surface area is 201 Å². The second-order valence-corrected chi connectivity index (χ2v) is 9.55. The number of rotatable bonds is 5. The Morgan fingerprint density at radius 1 is 0.886 bits per heavy atom. The number of nitrogens with one attached hydrogen (secondary N) is 2. The molecule has 174 valence electrons. The molecule has 8 nitrogen and oxygen atoms in total. The highest BCUT2D eigenvalue weighted by Crippen LogP contribution is 2.32. The third-order valence-electron chi connectivity index (χ3n) is 5.79. The highest BCUT2D eigenvalue weighted by atomic mass is 32.2. The summed E-state index contributed by atoms with van der Waals surface area (Å²) >= 11 is 0. The summed E-state index contributed by atoms with van der Waals surface area (Å²) in [5.74, 6) is -1.03. The van der Waals surface area contributed by atoms with Gasteiger partial charge in [-0.1, -0.05) is 48.5 Å². The molecule has 35 heavy (non-hydrogen) atoms. The second-order valence-electron chi connectivity index (χ2n) is 8.02. The summed E-state index contributed by atoms with van der Waals surface area (Å²) in [5, 5.41) is 11.6. The summed E-state index contributed by atoms with van der Waals surface area (Å²) in [6.07, 6.45) is 3.20. The lowest BCUT2D eigenvalue weighted by Gasteiger charge is -2.20. The van der Waals surface area contributed by atoms with Gasteiger partial charge in [0.15, 0.2) is 0 Å². The largest absolute Gasteiger partial charge is 0.386 e. The molecule has 1 aliphatic rings. The molecule has 0 bridgehead atoms. The minimum atomic E-state index is -3.90. The zero-order chi connectivity index (χ0) is 24.6. The number of amides is 2. The monoisotopic (exact) mass is 484 g/mol. The number of hydrogen-bond donors (Lipinski definition) is 3. The quantitative estimate of drug-likeness (QED) is 0.295. The van der Waals surface area contributed by atoms with E-state index in [4.69, 9.17) is 5.14 Å². The average molecular weight is 485 g/mol. The molecule has 0 fully saturated rings. The van der Waals surface area contributed by atoms with Crippen molar-refractivity contribution in [1.82, 2.24) is 15.6 Å². The molecule has 3 aromatic carbocycles. The Hall–Kier alpha value is -4.34. The van der Waals surface area contributed by atoms with E-state index in [0.717, 1.165) is 22.0 Å². The van der Waals surface area contributed by atoms with E-state index in [-0.39, 0.29) is 17.0 Å². The van der Waals surface area contributed by atoms with E-state index >= 15 is 0 Å². The lowest BCUT2D eigenvalue weighted by molar-refractivity contribution is -0.114. The maximum atomic E-state index is 12.7. The lowest BCUT2D eigenvalue weighted by Crippen LogP contribution is -2.37. The molecule has 0 radical (unpaired) electrons. The first kappa shape index (κ1) is 22.5. The van der Waals surface area contributed by atoms with E-state index in [2.05, 4.69) is 15.6 Å². The number of carbonyl (C=O) groups excluding carboxylic acids is 2. The highest BCUT2D eigenvalue weighted by Gasteiger charge is 2.28. The van der Waals surface area contributed by atoms with Crippen LogP contribution in [0.3, 0.4) is 0 Å². The molecule has 4 aromatic rings. The summed E-state index contributed by atoms with van der Waals surface area (Å²) in [5.41, 5.74) is 4.03. The van der Waals surface area contributed by atoms with Crippen LogP contribution < -0.4 is 15.8 Å². The molecule has 1 aromatic heterocycles. The Morgan fingerprint density at radius 3 is 2.51 bits per heavy atom. The summed E-state index contributed by atoms with van der Waals surface area (Å²) < 4.78 is 23.7. The number of fused-ring (bicyclic) bond motifs is 2. The topological polar surface area (TPSA) is 131 Å². The third kappa shape index (κ3) is 4.30. The van der Waals surface area contributed by atoms with Crippen LogP contribution in [0.4, 0.5) is 0 Å². The van der Waals surface area contributed by atoms with E-state index in [9.17, 15) is 18.0 Å². The highest BCUT2D eigenvalue weighted by molar-refractivity contribution is 7.89. The molecule has 9 heteroatoms. The Morgan fingerprint density at radius 2 is 1.69 bits per heavy atom. The summed E-state index contributed by atoms with van der Waals surface area (Å²) in [6, 6.07) is 21.3. The van der Waals surface area contributed by atoms with Crippen molar-refractivity contribution in [1.29, 1.82) is 0 Å². The van der Waals surface area contributed by atoms with Gasteiger partial charge in [-0.05, 0) is 35.4 Å². The van der Waals surface area contributed by atoms with Crippen LogP contribution in [-0.2, 0) is 21.4 Å². The first-order chi connectivity index (χ1) is 16.8. The minimum Gasteiger partial charge on any atom is -0.386 e. The van der Waals surface area contributed by atoms with Gasteiger partial charge in [-0.25, -0.2) is 13.6 Å². The van der Waals surface area contributed by atoms with E-state index in [1.54, 1.807) is 36.5 Å². The van der Waals surface area contributed by atoms with Crippen molar-refractivity contribution in [2.24, 2.45) is 5.14 Å². The zero-order valence-electron chi connectivity index (χ0n) is 18.4. The maximum Gasteiger partial charge on any atom is 0.260 e. The molecular weight excluding hydrogens is 464 g/mol. The van der Waals surface area contributed by atoms with Gasteiger partial charge in [-0.2, -0.15) is 0 Å². The van der Waals surface area contributed by atoms with Crippen molar-refractivity contribution in [3.8, 4) is 11.1 Å². The Kier molecular flexibility index (Phi) is 5.64. The van der Waals surface area contributed by atoms with Gasteiger partial charge in [0, 0.05) is 41.0 Å². The average Bonchev–Trinajstić information content (AvgIpc) is 2.85. The first-order valence-electron chi connectivity index (χ1n) is 10.7. The third-order valence-corrected chi connectivity index (χ3v) is 6.80. The molecule has 2 heterocycles. The van der Waals surface area contributed by atoms with Crippen molar-refractivity contribution in [2.75, 3.05) is 0 Å². The van der Waals surface area contributed by atoms with Gasteiger partial charge in [0.05, 0.1) is 16.0 Å². The molecule has 4 N–H and O–H groups in total. The summed E-state index contributed by atoms with van der Waals surface area (Å²) in [6.45, 7) is 0.111. The Balaban J connectivity index is 1.54. The van der Waals surface area contributed by atoms with Gasteiger partial charge in [0.25, 0.3) is 11.8 Å². The molecule has 0 unspecified atom stereocenters. The molecule has 1 aliphatic heterocycles. The van der Waals surface area contributed by atoms with E-state index < -0.39 is 21.8 Å². The molecule has 0 spiro atoms. The van der Waals surface area contributed by atoms with Gasteiger partial charge >= 0.3 is 0 Å². The predicted molar refractivity (Wildman–Crippen MR) is 132 cm³/mol. The standard InChI is InChI=1S/C26H20N4O4S/c27-35(33,34)23-9-2-1-5-18(23)14-28-15-22-21-13-17(10-11-20(21)25(31)30-26(22)32)19-8-3-6-16-7-4-12-29-24(16)19/h1-13,15,28H,14H2,(H2,27,33,34)(H,30,31,32)/b22-15-. The van der Waals surface area contributed by atoms with Crippen LogP contribution in [0.5, 0.6) is 0 Å². The molecular formula is C26H20N4O4S. The van der Waals surface area contributed by atoms with Crippen LogP contribution in [0.1, 0.15) is 21.5 Å². The zero-order valence-corrected chi connectivity index (χ0v) is 19.2. The number of benzene rings is 3. The van der Waals surface area contributed by atoms with Crippen molar-refractivity contribution in [3.05, 3.63) is 102 Å². The number of pyridine rings is 1. The number of imide groups is 1. The predicted octanol–water partition coefficient (Wildman–Crippen LogP) is 2.95. The molecule has 0 atom stereocenters. The van der Waals surface area contributed by atoms with Gasteiger partial charge in [-0.3, -0.25) is 19.9 Å². The van der Waals surface area contributed by atoms with Crippen LogP contribution in [-0.4, -0.2) is 25.2 Å². The van der Waals surface area contributed by atoms with Crippen LogP contribution in [0.15, 0.2) is 90.1 Å². The first-order valence-corrected chi connectivity index (χ1v) is 12.3. The molecule has 2 amide bonds. The van der Waals surface area contributed by atoms with Crippen LogP contribution in [0, 0.1) is 0 Å². The van der Waals surface area contributed by atoms with Crippen molar-refractivity contribution in [3.63, 3.8) is 0 Å². The number of primary sulfonamides is 1. The fraction of sp³-hybridized carbons (Fsp3) is 0.0385. The van der Waals surface area contributed by atoms with E-state index in [0.29, 0.717) is 16.7 Å². The summed E-state index contributed by atoms with van der Waals surface area (Å²) in [7, 11) is -3.90. The van der Waals surface area contributed by atoms with Crippen molar-refractivity contribution < 1.29 is 18.0 Å². The molecule has 5 rings (SSSR count). The molecule has 0 aliphatic carbocycles. The number of hydrogen-bond acceptors (Lipinski definition) is 6. The number of nitrogens with two attached hydrogens (primary N) is 1. The lowest BCUT2D eigenvalue weighted by atomic mass is 9.91. The van der Waals surface area contributed by atoms with Gasteiger partial charge in [0.2, 0.25) is 10.0 Å². The molecule has 0 saturated heterocycles. The van der Waals surface area contributed by atoms with E-state index in [1.165, 1.54) is 12.3 Å².